The molecule has 3 heterocycles. The Balaban J connectivity index is 1.04. The molecule has 3 aromatic heterocycles. The zero-order chi connectivity index (χ0) is 38.2. The maximum Gasteiger partial charge on any atom is 0.160 e. The Morgan fingerprint density at radius 3 is 1.31 bits per heavy atom. The summed E-state index contributed by atoms with van der Waals surface area (Å²) in [6.45, 7) is 0. The van der Waals surface area contributed by atoms with Crippen LogP contribution >= 0.6 is 0 Å². The van der Waals surface area contributed by atoms with Gasteiger partial charge in [-0.1, -0.05) is 127 Å². The Morgan fingerprint density at radius 1 is 0.310 bits per heavy atom. The molecule has 0 aliphatic heterocycles. The van der Waals surface area contributed by atoms with Crippen LogP contribution in [0.1, 0.15) is 0 Å². The first-order valence-corrected chi connectivity index (χ1v) is 19.8. The predicted molar refractivity (Wildman–Crippen MR) is 243 cm³/mol. The van der Waals surface area contributed by atoms with E-state index in [1.54, 1.807) is 0 Å². The first-order chi connectivity index (χ1) is 28.8. The molecule has 0 saturated carbocycles. The molecule has 12 aromatic rings. The lowest BCUT2D eigenvalue weighted by molar-refractivity contribution is 0.673. The third kappa shape index (κ3) is 4.88. The number of hydrogen-bond donors (Lipinski definition) is 0. The first-order valence-electron chi connectivity index (χ1n) is 19.8. The lowest BCUT2D eigenvalue weighted by Gasteiger charge is -2.26. The monoisotopic (exact) mass is 741 g/mol. The summed E-state index contributed by atoms with van der Waals surface area (Å²) in [6, 6.07) is 75.9. The Hall–Kier alpha value is -7.82. The Morgan fingerprint density at radius 2 is 0.759 bits per heavy atom. The van der Waals surface area contributed by atoms with E-state index in [9.17, 15) is 0 Å². The minimum absolute atomic E-state index is 0.889. The van der Waals surface area contributed by atoms with Crippen molar-refractivity contribution < 1.29 is 4.42 Å². The molecule has 0 N–H and O–H groups in total. The van der Waals surface area contributed by atoms with Crippen molar-refractivity contribution in [2.75, 3.05) is 4.90 Å². The summed E-state index contributed by atoms with van der Waals surface area (Å²) in [5.41, 5.74) is 14.1. The molecule has 12 rings (SSSR count). The van der Waals surface area contributed by atoms with Crippen LogP contribution in [0.2, 0.25) is 0 Å². The summed E-state index contributed by atoms with van der Waals surface area (Å²) < 4.78 is 12.0. The van der Waals surface area contributed by atoms with Gasteiger partial charge in [0.05, 0.1) is 22.1 Å². The van der Waals surface area contributed by atoms with E-state index in [2.05, 4.69) is 226 Å². The smallest absolute Gasteiger partial charge is 0.160 e. The van der Waals surface area contributed by atoms with Crippen LogP contribution in [-0.2, 0) is 0 Å². The molecule has 0 radical (unpaired) electrons. The number of fused-ring (bicyclic) bond motifs is 11. The molecular weight excluding hydrogens is 707 g/mol. The van der Waals surface area contributed by atoms with Gasteiger partial charge in [-0.25, -0.2) is 0 Å². The Kier molecular flexibility index (Phi) is 7.20. The molecule has 58 heavy (non-hydrogen) atoms. The Labute approximate surface area is 334 Å². The number of furan rings is 1. The van der Waals surface area contributed by atoms with Crippen molar-refractivity contribution in [1.82, 2.24) is 9.13 Å². The Bertz CT molecular complexity index is 3450. The minimum atomic E-state index is 0.889. The summed E-state index contributed by atoms with van der Waals surface area (Å²) in [7, 11) is 0. The highest BCUT2D eigenvalue weighted by Crippen LogP contribution is 2.44. The van der Waals surface area contributed by atoms with Gasteiger partial charge in [-0.3, -0.25) is 0 Å². The van der Waals surface area contributed by atoms with Crippen LogP contribution in [0.4, 0.5) is 17.1 Å². The lowest BCUT2D eigenvalue weighted by Crippen LogP contribution is -2.09. The molecule has 4 heteroatoms. The number of anilines is 3. The second-order valence-corrected chi connectivity index (χ2v) is 14.9. The third-order valence-corrected chi connectivity index (χ3v) is 11.7. The van der Waals surface area contributed by atoms with E-state index in [4.69, 9.17) is 4.42 Å². The highest BCUT2D eigenvalue weighted by Gasteiger charge is 2.23. The number of nitrogens with zero attached hydrogens (tertiary/aromatic N) is 3. The predicted octanol–water partition coefficient (Wildman–Crippen LogP) is 14.9. The van der Waals surface area contributed by atoms with Gasteiger partial charge in [0.25, 0.3) is 0 Å². The van der Waals surface area contributed by atoms with Gasteiger partial charge in [0, 0.05) is 60.8 Å². The molecule has 0 aliphatic rings. The van der Waals surface area contributed by atoms with Gasteiger partial charge in [0.1, 0.15) is 0 Å². The number of hydrogen-bond acceptors (Lipinski definition) is 2. The number of benzene rings is 9. The summed E-state index contributed by atoms with van der Waals surface area (Å²) in [5.74, 6) is 0. The van der Waals surface area contributed by atoms with Crippen LogP contribution in [0.25, 0.3) is 88.1 Å². The number of aromatic nitrogens is 2. The van der Waals surface area contributed by atoms with Gasteiger partial charge >= 0.3 is 0 Å². The van der Waals surface area contributed by atoms with Gasteiger partial charge in [-0.2, -0.15) is 0 Å². The summed E-state index contributed by atoms with van der Waals surface area (Å²) >= 11 is 0. The van der Waals surface area contributed by atoms with Crippen LogP contribution in [0.5, 0.6) is 0 Å². The fourth-order valence-electron chi connectivity index (χ4n) is 9.13. The van der Waals surface area contributed by atoms with Crippen molar-refractivity contribution in [3.05, 3.63) is 212 Å². The zero-order valence-electron chi connectivity index (χ0n) is 31.5. The molecule has 0 unspecified atom stereocenters. The van der Waals surface area contributed by atoms with E-state index in [0.29, 0.717) is 0 Å². The van der Waals surface area contributed by atoms with Gasteiger partial charge in [-0.15, -0.1) is 0 Å². The zero-order valence-corrected chi connectivity index (χ0v) is 31.5. The highest BCUT2D eigenvalue weighted by molar-refractivity contribution is 6.26. The van der Waals surface area contributed by atoms with Crippen LogP contribution in [-0.4, -0.2) is 9.13 Å². The average molecular weight is 742 g/mol. The minimum Gasteiger partial charge on any atom is -0.452 e. The molecule has 272 valence electrons. The van der Waals surface area contributed by atoms with Crippen molar-refractivity contribution in [3.63, 3.8) is 0 Å². The fourth-order valence-corrected chi connectivity index (χ4v) is 9.13. The maximum atomic E-state index is 7.22. The highest BCUT2D eigenvalue weighted by atomic mass is 16.3. The molecule has 0 bridgehead atoms. The average Bonchev–Trinajstić information content (AvgIpc) is 3.96. The SMILES string of the molecule is c1ccc(N(c2ccccc2)c2cccc(-c3ccc(-n4c5ccccc5c5ccc6c7ccc8c9ccccc9n(-c9ccccc9)c8c7oc6c54)cc3)c2)cc1. The fraction of sp³-hybridized carbons (Fsp3) is 0. The summed E-state index contributed by atoms with van der Waals surface area (Å²) in [6.07, 6.45) is 0. The van der Waals surface area contributed by atoms with E-state index in [-0.39, 0.29) is 0 Å². The molecule has 0 saturated heterocycles. The molecule has 0 atom stereocenters. The topological polar surface area (TPSA) is 26.2 Å². The van der Waals surface area contributed by atoms with Gasteiger partial charge < -0.3 is 18.5 Å². The van der Waals surface area contributed by atoms with Crippen molar-refractivity contribution >= 4 is 82.6 Å². The summed E-state index contributed by atoms with van der Waals surface area (Å²) in [4.78, 5) is 2.31. The first kappa shape index (κ1) is 32.4. The van der Waals surface area contributed by atoms with Crippen LogP contribution in [0.15, 0.2) is 217 Å². The van der Waals surface area contributed by atoms with Crippen LogP contribution in [0, 0.1) is 0 Å². The second-order valence-electron chi connectivity index (χ2n) is 14.9. The third-order valence-electron chi connectivity index (χ3n) is 11.7. The second kappa shape index (κ2) is 12.9. The molecule has 0 spiro atoms. The van der Waals surface area contributed by atoms with E-state index >= 15 is 0 Å². The number of rotatable bonds is 6. The maximum absolute atomic E-state index is 7.22. The lowest BCUT2D eigenvalue weighted by atomic mass is 10.0. The van der Waals surface area contributed by atoms with E-state index in [1.807, 2.05) is 0 Å². The van der Waals surface area contributed by atoms with E-state index in [0.717, 1.165) is 83.6 Å². The standard InChI is InChI=1S/C54H35N3O/c1-4-16-38(17-5-1)55(39-18-6-2-7-19-39)42-22-14-15-37(35-42)36-27-29-41(30-28-36)57-50-26-13-11-24-44(50)46-32-34-48-47-33-31-45-43-23-10-12-25-49(43)56(40-20-8-3-9-21-40)51(45)53(47)58-54(48)52(46)57/h1-35H. The van der Waals surface area contributed by atoms with Crippen LogP contribution < -0.4 is 4.90 Å². The van der Waals surface area contributed by atoms with E-state index in [1.165, 1.54) is 21.5 Å². The molecule has 0 aliphatic carbocycles. The quantitative estimate of drug-likeness (QED) is 0.170. The van der Waals surface area contributed by atoms with Crippen molar-refractivity contribution in [2.45, 2.75) is 0 Å². The molecular formula is C54H35N3O. The van der Waals surface area contributed by atoms with Gasteiger partial charge in [0.2, 0.25) is 0 Å². The largest absolute Gasteiger partial charge is 0.452 e. The summed E-state index contributed by atoms with van der Waals surface area (Å²) in [5, 5.41) is 6.96. The number of para-hydroxylation sites is 5. The van der Waals surface area contributed by atoms with Crippen LogP contribution in [0.3, 0.4) is 0 Å². The molecule has 0 fully saturated rings. The molecule has 0 amide bonds. The molecule has 4 nitrogen and oxygen atoms in total. The van der Waals surface area contributed by atoms with Gasteiger partial charge in [-0.05, 0) is 96.1 Å². The van der Waals surface area contributed by atoms with Gasteiger partial charge in [0.15, 0.2) is 11.2 Å². The van der Waals surface area contributed by atoms with Crippen molar-refractivity contribution in [1.29, 1.82) is 0 Å². The molecule has 9 aromatic carbocycles. The van der Waals surface area contributed by atoms with Crippen molar-refractivity contribution in [3.8, 4) is 22.5 Å². The normalized spacial score (nSPS) is 11.8. The van der Waals surface area contributed by atoms with E-state index < -0.39 is 0 Å². The van der Waals surface area contributed by atoms with Crippen molar-refractivity contribution in [2.24, 2.45) is 0 Å².